The molecule has 0 heterocycles. The van der Waals surface area contributed by atoms with Crippen molar-refractivity contribution in [2.45, 2.75) is 18.4 Å². The largest absolute Gasteiger partial charge is 0.481 e. The summed E-state index contributed by atoms with van der Waals surface area (Å²) in [5, 5.41) is 13.2. The molecule has 0 fully saturated rings. The van der Waals surface area contributed by atoms with Crippen molar-refractivity contribution in [3.63, 3.8) is 0 Å². The molecule has 1 aliphatic carbocycles. The maximum Gasteiger partial charge on any atom is 0.407 e. The highest BCUT2D eigenvalue weighted by atomic mass is 32.2. The second-order valence-electron chi connectivity index (χ2n) is 9.66. The third-order valence-electron chi connectivity index (χ3n) is 6.45. The third-order valence-corrected chi connectivity index (χ3v) is 7.21. The SMILES string of the molecule is O=C(O)CCOCCOCCOCCOCCNC(=O)[C@H](CS(=O)(=O)O)NC(=O)OCC1c2ccccc2-c2ccccc21. The van der Waals surface area contributed by atoms with Gasteiger partial charge in [0.2, 0.25) is 5.91 Å². The summed E-state index contributed by atoms with van der Waals surface area (Å²) in [5.74, 6) is -3.02. The van der Waals surface area contributed by atoms with Crippen molar-refractivity contribution in [1.82, 2.24) is 10.6 Å². The zero-order chi connectivity index (χ0) is 31.8. The molecule has 1 aliphatic rings. The van der Waals surface area contributed by atoms with Crippen LogP contribution < -0.4 is 10.6 Å². The van der Waals surface area contributed by atoms with Crippen molar-refractivity contribution in [1.29, 1.82) is 0 Å². The van der Waals surface area contributed by atoms with Gasteiger partial charge in [-0.3, -0.25) is 14.1 Å². The molecular weight excluding hydrogens is 600 g/mol. The van der Waals surface area contributed by atoms with Gasteiger partial charge in [0.05, 0.1) is 59.3 Å². The molecule has 4 N–H and O–H groups in total. The monoisotopic (exact) mass is 638 g/mol. The average molecular weight is 639 g/mol. The normalized spacial score (nSPS) is 13.1. The molecule has 0 bridgehead atoms. The zero-order valence-electron chi connectivity index (χ0n) is 24.1. The van der Waals surface area contributed by atoms with E-state index in [1.807, 2.05) is 48.5 Å². The highest BCUT2D eigenvalue weighted by Gasteiger charge is 2.30. The fraction of sp³-hybridized carbons (Fsp3) is 0.483. The van der Waals surface area contributed by atoms with E-state index in [-0.39, 0.29) is 58.5 Å². The highest BCUT2D eigenvalue weighted by Crippen LogP contribution is 2.44. The van der Waals surface area contributed by atoms with Crippen LogP contribution in [0.1, 0.15) is 23.5 Å². The van der Waals surface area contributed by atoms with E-state index in [0.29, 0.717) is 19.8 Å². The molecule has 0 aliphatic heterocycles. The second kappa shape index (κ2) is 18.3. The Bertz CT molecular complexity index is 1290. The van der Waals surface area contributed by atoms with Gasteiger partial charge in [0.1, 0.15) is 18.4 Å². The predicted octanol–water partition coefficient (Wildman–Crippen LogP) is 1.44. The Balaban J connectivity index is 1.32. The third kappa shape index (κ3) is 12.2. The van der Waals surface area contributed by atoms with Crippen molar-refractivity contribution in [2.75, 3.05) is 71.8 Å². The first-order valence-electron chi connectivity index (χ1n) is 14.0. The Morgan fingerprint density at radius 3 is 1.80 bits per heavy atom. The van der Waals surface area contributed by atoms with Gasteiger partial charge in [-0.2, -0.15) is 8.42 Å². The molecule has 2 aromatic carbocycles. The summed E-state index contributed by atoms with van der Waals surface area (Å²) in [4.78, 5) is 35.6. The smallest absolute Gasteiger partial charge is 0.407 e. The number of rotatable bonds is 21. The molecule has 2 amide bonds. The summed E-state index contributed by atoms with van der Waals surface area (Å²) in [6.45, 7) is 1.91. The number of carbonyl (C=O) groups is 3. The summed E-state index contributed by atoms with van der Waals surface area (Å²) in [7, 11) is -4.60. The van der Waals surface area contributed by atoms with Gasteiger partial charge in [0.25, 0.3) is 10.1 Å². The number of nitrogens with one attached hydrogen (secondary N) is 2. The van der Waals surface area contributed by atoms with E-state index in [2.05, 4.69) is 10.6 Å². The van der Waals surface area contributed by atoms with E-state index in [0.717, 1.165) is 22.3 Å². The van der Waals surface area contributed by atoms with Gasteiger partial charge in [-0.05, 0) is 22.3 Å². The van der Waals surface area contributed by atoms with Crippen molar-refractivity contribution in [3.8, 4) is 11.1 Å². The van der Waals surface area contributed by atoms with E-state index in [1.165, 1.54) is 0 Å². The van der Waals surface area contributed by atoms with Crippen LogP contribution in [0.3, 0.4) is 0 Å². The zero-order valence-corrected chi connectivity index (χ0v) is 25.0. The molecule has 0 unspecified atom stereocenters. The quantitative estimate of drug-likeness (QED) is 0.114. The van der Waals surface area contributed by atoms with E-state index >= 15 is 0 Å². The van der Waals surface area contributed by atoms with E-state index in [1.54, 1.807) is 0 Å². The standard InChI is InChI=1S/C29H38N2O12S/c32-27(33)9-11-39-13-15-41-17-18-42-16-14-40-12-10-30-28(34)26(20-44(36,37)38)31-29(35)43-19-25-23-7-3-1-5-21(23)22-6-2-4-8-24(22)25/h1-8,25-26H,9-20H2,(H,30,34)(H,31,35)(H,32,33)(H,36,37,38)/t26-/m0/s1. The van der Waals surface area contributed by atoms with Crippen molar-refractivity contribution in [3.05, 3.63) is 59.7 Å². The number of ether oxygens (including phenoxy) is 5. The Hall–Kier alpha value is -3.60. The summed E-state index contributed by atoms with van der Waals surface area (Å²) < 4.78 is 58.8. The summed E-state index contributed by atoms with van der Waals surface area (Å²) >= 11 is 0. The Morgan fingerprint density at radius 2 is 1.27 bits per heavy atom. The Kier molecular flexibility index (Phi) is 14.5. The van der Waals surface area contributed by atoms with E-state index < -0.39 is 39.9 Å². The minimum atomic E-state index is -4.60. The molecule has 0 aromatic heterocycles. The maximum atomic E-state index is 12.6. The lowest BCUT2D eigenvalue weighted by Crippen LogP contribution is -2.51. The fourth-order valence-corrected chi connectivity index (χ4v) is 5.12. The van der Waals surface area contributed by atoms with Crippen LogP contribution in [0.2, 0.25) is 0 Å². The number of carboxylic acids is 1. The fourth-order valence-electron chi connectivity index (χ4n) is 4.47. The first kappa shape index (κ1) is 34.9. The molecule has 0 radical (unpaired) electrons. The van der Waals surface area contributed by atoms with Crippen LogP contribution in [0, 0.1) is 0 Å². The number of carboxylic acid groups (broad SMARTS) is 1. The van der Waals surface area contributed by atoms with Crippen LogP contribution >= 0.6 is 0 Å². The minimum absolute atomic E-state index is 0.0121. The molecule has 15 heteroatoms. The van der Waals surface area contributed by atoms with Crippen LogP contribution in [0.25, 0.3) is 11.1 Å². The molecule has 3 rings (SSSR count). The summed E-state index contributed by atoms with van der Waals surface area (Å²) in [5.41, 5.74) is 4.06. The van der Waals surface area contributed by atoms with Crippen LogP contribution in [0.4, 0.5) is 4.79 Å². The molecule has 2 aromatic rings. The topological polar surface area (TPSA) is 196 Å². The lowest BCUT2D eigenvalue weighted by molar-refractivity contribution is -0.138. The average Bonchev–Trinajstić information content (AvgIpc) is 3.30. The molecule has 44 heavy (non-hydrogen) atoms. The molecule has 242 valence electrons. The van der Waals surface area contributed by atoms with Gasteiger partial charge in [0.15, 0.2) is 0 Å². The molecule has 1 atom stereocenters. The van der Waals surface area contributed by atoms with Crippen LogP contribution in [-0.4, -0.2) is 114 Å². The van der Waals surface area contributed by atoms with Crippen LogP contribution in [0.15, 0.2) is 48.5 Å². The number of hydrogen-bond donors (Lipinski definition) is 4. The van der Waals surface area contributed by atoms with Gasteiger partial charge >= 0.3 is 12.1 Å². The van der Waals surface area contributed by atoms with E-state index in [9.17, 15) is 27.4 Å². The predicted molar refractivity (Wildman–Crippen MR) is 157 cm³/mol. The molecule has 0 saturated carbocycles. The number of alkyl carbamates (subject to hydrolysis) is 1. The number of hydrogen-bond acceptors (Lipinski definition) is 10. The van der Waals surface area contributed by atoms with E-state index in [4.69, 9.17) is 28.8 Å². The van der Waals surface area contributed by atoms with Gasteiger partial charge in [-0.25, -0.2) is 4.79 Å². The van der Waals surface area contributed by atoms with Crippen molar-refractivity contribution in [2.24, 2.45) is 0 Å². The molecule has 0 spiro atoms. The number of amides is 2. The lowest BCUT2D eigenvalue weighted by Gasteiger charge is -2.19. The lowest BCUT2D eigenvalue weighted by atomic mass is 9.98. The highest BCUT2D eigenvalue weighted by molar-refractivity contribution is 7.85. The Labute approximate surface area is 255 Å². The Morgan fingerprint density at radius 1 is 0.773 bits per heavy atom. The number of fused-ring (bicyclic) bond motifs is 3. The maximum absolute atomic E-state index is 12.6. The number of benzene rings is 2. The van der Waals surface area contributed by atoms with Gasteiger partial charge in [-0.15, -0.1) is 0 Å². The van der Waals surface area contributed by atoms with Gasteiger partial charge < -0.3 is 39.4 Å². The van der Waals surface area contributed by atoms with Gasteiger partial charge in [-0.1, -0.05) is 48.5 Å². The second-order valence-corrected chi connectivity index (χ2v) is 11.2. The van der Waals surface area contributed by atoms with Crippen molar-refractivity contribution < 1.29 is 56.1 Å². The van der Waals surface area contributed by atoms with Crippen LogP contribution in [-0.2, 0) is 43.4 Å². The van der Waals surface area contributed by atoms with Crippen LogP contribution in [0.5, 0.6) is 0 Å². The minimum Gasteiger partial charge on any atom is -0.481 e. The van der Waals surface area contributed by atoms with Gasteiger partial charge in [0, 0.05) is 12.5 Å². The first-order valence-corrected chi connectivity index (χ1v) is 15.6. The summed E-state index contributed by atoms with van der Waals surface area (Å²) in [6.07, 6.45) is -1.06. The number of carbonyl (C=O) groups excluding carboxylic acids is 2. The number of aliphatic carboxylic acids is 1. The summed E-state index contributed by atoms with van der Waals surface area (Å²) in [6, 6.07) is 13.9. The van der Waals surface area contributed by atoms with Crippen molar-refractivity contribution >= 4 is 28.1 Å². The first-order chi connectivity index (χ1) is 21.2. The molecular formula is C29H38N2O12S. The molecule has 14 nitrogen and oxygen atoms in total. The molecule has 0 saturated heterocycles.